The van der Waals surface area contributed by atoms with Gasteiger partial charge in [-0.15, -0.1) is 4.40 Å². The number of sulfonamides is 1. The van der Waals surface area contributed by atoms with E-state index in [1.165, 1.54) is 12.1 Å². The van der Waals surface area contributed by atoms with Crippen molar-refractivity contribution in [3.8, 4) is 0 Å². The molecule has 0 unspecified atom stereocenters. The molecule has 0 amide bonds. The first-order chi connectivity index (χ1) is 8.99. The second-order valence-corrected chi connectivity index (χ2v) is 5.82. The largest absolute Gasteiger partial charge is 0.383 e. The topological polar surface area (TPSA) is 72.5 Å². The summed E-state index contributed by atoms with van der Waals surface area (Å²) in [5.74, 6) is -0.0913. The first-order valence-electron chi connectivity index (χ1n) is 5.40. The molecule has 19 heavy (non-hydrogen) atoms. The smallest absolute Gasteiger partial charge is 0.284 e. The van der Waals surface area contributed by atoms with E-state index in [4.69, 9.17) is 17.3 Å². The first kappa shape index (κ1) is 13.6. The van der Waals surface area contributed by atoms with E-state index in [0.717, 1.165) is 0 Å². The van der Waals surface area contributed by atoms with E-state index < -0.39 is 10.0 Å². The van der Waals surface area contributed by atoms with Crippen LogP contribution in [0, 0.1) is 0 Å². The quantitative estimate of drug-likeness (QED) is 0.698. The highest BCUT2D eigenvalue weighted by molar-refractivity contribution is 7.90. The summed E-state index contributed by atoms with van der Waals surface area (Å²) in [7, 11) is -3.80. The van der Waals surface area contributed by atoms with E-state index in [1.54, 1.807) is 42.5 Å². The number of rotatable bonds is 3. The van der Waals surface area contributed by atoms with Crippen molar-refractivity contribution < 1.29 is 8.42 Å². The molecule has 0 heterocycles. The van der Waals surface area contributed by atoms with Crippen LogP contribution < -0.4 is 5.73 Å². The third-order valence-corrected chi connectivity index (χ3v) is 3.92. The number of hydrogen-bond donors (Lipinski definition) is 1. The van der Waals surface area contributed by atoms with E-state index in [2.05, 4.69) is 4.40 Å². The van der Waals surface area contributed by atoms with E-state index in [0.29, 0.717) is 10.6 Å². The Bertz CT molecular complexity index is 712. The van der Waals surface area contributed by atoms with Crippen LogP contribution in [0.4, 0.5) is 0 Å². The van der Waals surface area contributed by atoms with Crippen LogP contribution >= 0.6 is 11.6 Å². The van der Waals surface area contributed by atoms with Gasteiger partial charge in [0.05, 0.1) is 4.90 Å². The van der Waals surface area contributed by atoms with Crippen LogP contribution in [0.1, 0.15) is 5.56 Å². The summed E-state index contributed by atoms with van der Waals surface area (Å²) in [6, 6.07) is 14.4. The Hall–Kier alpha value is -1.85. The number of amidine groups is 1. The van der Waals surface area contributed by atoms with Crippen LogP contribution in [-0.4, -0.2) is 14.3 Å². The fourth-order valence-corrected chi connectivity index (χ4v) is 2.64. The highest BCUT2D eigenvalue weighted by Gasteiger charge is 2.13. The highest BCUT2D eigenvalue weighted by Crippen LogP contribution is 2.14. The van der Waals surface area contributed by atoms with Crippen LogP contribution in [-0.2, 0) is 10.0 Å². The molecule has 2 N–H and O–H groups in total. The Kier molecular flexibility index (Phi) is 3.87. The molecule has 98 valence electrons. The highest BCUT2D eigenvalue weighted by atomic mass is 35.5. The lowest BCUT2D eigenvalue weighted by molar-refractivity contribution is 0.598. The van der Waals surface area contributed by atoms with Gasteiger partial charge in [-0.25, -0.2) is 0 Å². The minimum Gasteiger partial charge on any atom is -0.383 e. The second-order valence-electron chi connectivity index (χ2n) is 3.77. The zero-order chi connectivity index (χ0) is 13.9. The molecule has 2 aromatic carbocycles. The average molecular weight is 295 g/mol. The van der Waals surface area contributed by atoms with E-state index in [-0.39, 0.29) is 10.7 Å². The lowest BCUT2D eigenvalue weighted by Crippen LogP contribution is -2.16. The van der Waals surface area contributed by atoms with Crippen LogP contribution in [0.15, 0.2) is 63.9 Å². The number of nitrogens with two attached hydrogens (primary N) is 1. The summed E-state index contributed by atoms with van der Waals surface area (Å²) in [5, 5.41) is 0.466. The van der Waals surface area contributed by atoms with Crippen LogP contribution in [0.3, 0.4) is 0 Å². The molecule has 0 bridgehead atoms. The number of benzene rings is 2. The van der Waals surface area contributed by atoms with Crippen molar-refractivity contribution >= 4 is 27.5 Å². The molecular formula is C13H11ClN2O2S. The van der Waals surface area contributed by atoms with Crippen molar-refractivity contribution in [2.24, 2.45) is 10.1 Å². The molecule has 2 aromatic rings. The Morgan fingerprint density at radius 3 is 2.37 bits per heavy atom. The lowest BCUT2D eigenvalue weighted by Gasteiger charge is -2.02. The van der Waals surface area contributed by atoms with Crippen molar-refractivity contribution in [3.63, 3.8) is 0 Å². The molecule has 0 radical (unpaired) electrons. The van der Waals surface area contributed by atoms with Gasteiger partial charge in [0, 0.05) is 10.6 Å². The van der Waals surface area contributed by atoms with Crippen LogP contribution in [0.5, 0.6) is 0 Å². The van der Waals surface area contributed by atoms with Gasteiger partial charge in [-0.1, -0.05) is 41.9 Å². The number of nitrogens with zero attached hydrogens (tertiary/aromatic N) is 1. The molecule has 0 fully saturated rings. The van der Waals surface area contributed by atoms with Gasteiger partial charge >= 0.3 is 0 Å². The number of hydrogen-bond acceptors (Lipinski definition) is 2. The summed E-state index contributed by atoms with van der Waals surface area (Å²) in [6.45, 7) is 0. The van der Waals surface area contributed by atoms with E-state index in [1.807, 2.05) is 0 Å². The van der Waals surface area contributed by atoms with Gasteiger partial charge in [0.2, 0.25) is 0 Å². The van der Waals surface area contributed by atoms with Crippen molar-refractivity contribution in [3.05, 3.63) is 65.2 Å². The van der Waals surface area contributed by atoms with Crippen molar-refractivity contribution in [1.29, 1.82) is 0 Å². The molecule has 0 atom stereocenters. The summed E-state index contributed by atoms with van der Waals surface area (Å²) in [5.41, 5.74) is 6.16. The zero-order valence-electron chi connectivity index (χ0n) is 9.82. The predicted molar refractivity (Wildman–Crippen MR) is 75.8 cm³/mol. The molecule has 4 nitrogen and oxygen atoms in total. The van der Waals surface area contributed by atoms with Gasteiger partial charge in [-0.3, -0.25) is 0 Å². The Labute approximate surface area is 116 Å². The van der Waals surface area contributed by atoms with Gasteiger partial charge in [0.15, 0.2) is 0 Å². The summed E-state index contributed by atoms with van der Waals surface area (Å²) < 4.78 is 27.6. The van der Waals surface area contributed by atoms with Crippen molar-refractivity contribution in [2.45, 2.75) is 4.90 Å². The molecule has 0 aromatic heterocycles. The maximum atomic E-state index is 12.0. The van der Waals surface area contributed by atoms with Gasteiger partial charge in [0.1, 0.15) is 5.84 Å². The molecule has 0 aliphatic carbocycles. The second kappa shape index (κ2) is 5.42. The monoisotopic (exact) mass is 294 g/mol. The standard InChI is InChI=1S/C13H11ClN2O2S/c14-11-6-4-5-10(9-11)13(15)16-19(17,18)12-7-2-1-3-8-12/h1-9H,(H2,15,16). The normalized spacial score (nSPS) is 12.4. The van der Waals surface area contributed by atoms with Crippen molar-refractivity contribution in [2.75, 3.05) is 0 Å². The molecule has 0 saturated heterocycles. The molecule has 0 aliphatic heterocycles. The molecule has 6 heteroatoms. The fraction of sp³-hybridized carbons (Fsp3) is 0. The van der Waals surface area contributed by atoms with Crippen LogP contribution in [0.2, 0.25) is 5.02 Å². The van der Waals surface area contributed by atoms with Gasteiger partial charge < -0.3 is 5.73 Å². The van der Waals surface area contributed by atoms with Gasteiger partial charge in [0.25, 0.3) is 10.0 Å². The SMILES string of the molecule is N/C(=N\S(=O)(=O)c1ccccc1)c1cccc(Cl)c1. The summed E-state index contributed by atoms with van der Waals surface area (Å²) >= 11 is 5.82. The summed E-state index contributed by atoms with van der Waals surface area (Å²) in [6.07, 6.45) is 0. The minimum atomic E-state index is -3.80. The molecule has 0 aliphatic rings. The first-order valence-corrected chi connectivity index (χ1v) is 7.22. The zero-order valence-corrected chi connectivity index (χ0v) is 11.4. The van der Waals surface area contributed by atoms with Crippen LogP contribution in [0.25, 0.3) is 0 Å². The average Bonchev–Trinajstić information content (AvgIpc) is 2.39. The molecular weight excluding hydrogens is 284 g/mol. The van der Waals surface area contributed by atoms with E-state index in [9.17, 15) is 8.42 Å². The predicted octanol–water partition coefficient (Wildman–Crippen LogP) is 2.43. The Balaban J connectivity index is 2.41. The Morgan fingerprint density at radius 2 is 1.74 bits per heavy atom. The third-order valence-electron chi connectivity index (χ3n) is 2.38. The fourth-order valence-electron chi connectivity index (χ4n) is 1.48. The Morgan fingerprint density at radius 1 is 1.05 bits per heavy atom. The summed E-state index contributed by atoms with van der Waals surface area (Å²) in [4.78, 5) is 0.0972. The molecule has 2 rings (SSSR count). The lowest BCUT2D eigenvalue weighted by atomic mass is 10.2. The van der Waals surface area contributed by atoms with E-state index >= 15 is 0 Å². The van der Waals surface area contributed by atoms with Gasteiger partial charge in [-0.05, 0) is 24.3 Å². The maximum Gasteiger partial charge on any atom is 0.284 e. The molecule has 0 saturated carbocycles. The van der Waals surface area contributed by atoms with Gasteiger partial charge in [-0.2, -0.15) is 8.42 Å². The third kappa shape index (κ3) is 3.33. The number of halogens is 1. The molecule has 0 spiro atoms. The van der Waals surface area contributed by atoms with Crippen molar-refractivity contribution in [1.82, 2.24) is 0 Å². The minimum absolute atomic E-state index is 0.0913. The maximum absolute atomic E-state index is 12.0.